The van der Waals surface area contributed by atoms with Crippen molar-refractivity contribution < 1.29 is 18.0 Å². The monoisotopic (exact) mass is 292 g/mol. The van der Waals surface area contributed by atoms with Crippen molar-refractivity contribution in [3.8, 4) is 0 Å². The van der Waals surface area contributed by atoms with Crippen LogP contribution < -0.4 is 11.1 Å². The summed E-state index contributed by atoms with van der Waals surface area (Å²) in [5.74, 6) is -0.174. The summed E-state index contributed by atoms with van der Waals surface area (Å²) in [6.07, 6.45) is -4.41. The van der Waals surface area contributed by atoms with Crippen molar-refractivity contribution in [3.63, 3.8) is 0 Å². The van der Waals surface area contributed by atoms with E-state index >= 15 is 0 Å². The first-order chi connectivity index (χ1) is 8.75. The van der Waals surface area contributed by atoms with E-state index < -0.39 is 17.0 Å². The fourth-order valence-corrected chi connectivity index (χ4v) is 2.31. The first-order valence-electron chi connectivity index (χ1n) is 5.66. The molecule has 0 heterocycles. The van der Waals surface area contributed by atoms with Gasteiger partial charge in [0.05, 0.1) is 10.8 Å². The third-order valence-corrected chi connectivity index (χ3v) is 3.55. The second kappa shape index (κ2) is 6.18. The average Bonchev–Trinajstić information content (AvgIpc) is 2.30. The Bertz CT molecular complexity index is 463. The zero-order valence-electron chi connectivity index (χ0n) is 10.5. The van der Waals surface area contributed by atoms with Crippen molar-refractivity contribution in [2.45, 2.75) is 30.2 Å². The Morgan fingerprint density at radius 2 is 2.11 bits per heavy atom. The molecule has 1 aromatic rings. The quantitative estimate of drug-likeness (QED) is 0.662. The smallest absolute Gasteiger partial charge is 0.398 e. The number of alkyl halides is 3. The van der Waals surface area contributed by atoms with Crippen LogP contribution >= 0.6 is 11.8 Å². The molecule has 0 radical (unpaired) electrons. The van der Waals surface area contributed by atoms with Gasteiger partial charge in [0, 0.05) is 17.1 Å². The van der Waals surface area contributed by atoms with E-state index in [2.05, 4.69) is 5.32 Å². The van der Waals surface area contributed by atoms with Crippen molar-refractivity contribution in [1.29, 1.82) is 0 Å². The molecular weight excluding hydrogens is 277 g/mol. The average molecular weight is 292 g/mol. The third-order valence-electron chi connectivity index (χ3n) is 2.36. The molecule has 0 fully saturated rings. The lowest BCUT2D eigenvalue weighted by atomic mass is 10.2. The molecule has 0 bridgehead atoms. The minimum absolute atomic E-state index is 0.0240. The van der Waals surface area contributed by atoms with Gasteiger partial charge in [-0.2, -0.15) is 13.2 Å². The Morgan fingerprint density at radius 3 is 2.58 bits per heavy atom. The predicted octanol–water partition coefficient (Wildman–Crippen LogP) is 2.90. The van der Waals surface area contributed by atoms with E-state index in [1.54, 1.807) is 13.8 Å². The summed E-state index contributed by atoms with van der Waals surface area (Å²) < 4.78 is 37.4. The molecule has 1 rings (SSSR count). The summed E-state index contributed by atoms with van der Waals surface area (Å²) in [7, 11) is 0. The Hall–Kier alpha value is -1.37. The molecule has 0 spiro atoms. The van der Waals surface area contributed by atoms with Gasteiger partial charge in [-0.3, -0.25) is 4.79 Å². The summed E-state index contributed by atoms with van der Waals surface area (Å²) >= 11 is 1.13. The van der Waals surface area contributed by atoms with Crippen LogP contribution in [-0.4, -0.2) is 17.7 Å². The van der Waals surface area contributed by atoms with Gasteiger partial charge in [0.2, 0.25) is 5.91 Å². The second-order valence-corrected chi connectivity index (χ2v) is 5.29. The van der Waals surface area contributed by atoms with Gasteiger partial charge in [0.25, 0.3) is 0 Å². The van der Waals surface area contributed by atoms with Gasteiger partial charge in [-0.15, -0.1) is 11.8 Å². The molecule has 1 unspecified atom stereocenters. The molecular formula is C12H15F3N2OS. The van der Waals surface area contributed by atoms with Crippen LogP contribution in [0.1, 0.15) is 19.4 Å². The number of hydrogen-bond donors (Lipinski definition) is 2. The number of nitrogen functional groups attached to an aromatic ring is 1. The molecule has 3 nitrogen and oxygen atoms in total. The van der Waals surface area contributed by atoms with Crippen molar-refractivity contribution in [1.82, 2.24) is 5.32 Å². The van der Waals surface area contributed by atoms with E-state index in [9.17, 15) is 18.0 Å². The van der Waals surface area contributed by atoms with E-state index in [-0.39, 0.29) is 11.6 Å². The van der Waals surface area contributed by atoms with Crippen molar-refractivity contribution in [3.05, 3.63) is 23.8 Å². The molecule has 106 valence electrons. The highest BCUT2D eigenvalue weighted by molar-refractivity contribution is 8.00. The lowest BCUT2D eigenvalue weighted by molar-refractivity contribution is -0.137. The van der Waals surface area contributed by atoms with Crippen LogP contribution in [0.25, 0.3) is 0 Å². The lowest BCUT2D eigenvalue weighted by Gasteiger charge is -2.14. The van der Waals surface area contributed by atoms with E-state index in [0.717, 1.165) is 23.9 Å². The number of nitrogens with two attached hydrogens (primary N) is 1. The number of hydrogen-bond acceptors (Lipinski definition) is 3. The van der Waals surface area contributed by atoms with Crippen LogP contribution in [0.4, 0.5) is 18.9 Å². The third kappa shape index (κ3) is 4.34. The highest BCUT2D eigenvalue weighted by Crippen LogP contribution is 2.35. The topological polar surface area (TPSA) is 55.1 Å². The minimum atomic E-state index is -4.41. The highest BCUT2D eigenvalue weighted by atomic mass is 32.2. The zero-order chi connectivity index (χ0) is 14.6. The molecule has 0 aliphatic carbocycles. The Labute approximate surface area is 113 Å². The molecule has 0 saturated heterocycles. The Morgan fingerprint density at radius 1 is 1.47 bits per heavy atom. The Kier molecular flexibility index (Phi) is 5.11. The van der Waals surface area contributed by atoms with Crippen LogP contribution in [-0.2, 0) is 11.0 Å². The highest BCUT2D eigenvalue weighted by Gasteiger charge is 2.31. The fourth-order valence-electron chi connectivity index (χ4n) is 1.39. The molecule has 0 aromatic heterocycles. The molecule has 7 heteroatoms. The molecule has 19 heavy (non-hydrogen) atoms. The van der Waals surface area contributed by atoms with Crippen LogP contribution in [0, 0.1) is 0 Å². The maximum absolute atomic E-state index is 12.5. The predicted molar refractivity (Wildman–Crippen MR) is 69.9 cm³/mol. The molecule has 1 aromatic carbocycles. The summed E-state index contributed by atoms with van der Waals surface area (Å²) in [6.45, 7) is 3.97. The van der Waals surface area contributed by atoms with E-state index in [0.29, 0.717) is 11.4 Å². The van der Waals surface area contributed by atoms with Gasteiger partial charge in [0.1, 0.15) is 0 Å². The SMILES string of the molecule is CCNC(=O)C(C)Sc1ccc(C(F)(F)F)cc1N. The van der Waals surface area contributed by atoms with Gasteiger partial charge < -0.3 is 11.1 Å². The summed E-state index contributed by atoms with van der Waals surface area (Å²) in [4.78, 5) is 12.0. The molecule has 0 aliphatic heterocycles. The van der Waals surface area contributed by atoms with Gasteiger partial charge >= 0.3 is 6.18 Å². The number of amides is 1. The standard InChI is InChI=1S/C12H15F3N2OS/c1-3-17-11(18)7(2)19-10-5-4-8(6-9(10)16)12(13,14)15/h4-7H,3,16H2,1-2H3,(H,17,18). The molecule has 0 saturated carbocycles. The van der Waals surface area contributed by atoms with Crippen LogP contribution in [0.3, 0.4) is 0 Å². The van der Waals surface area contributed by atoms with Gasteiger partial charge in [0.15, 0.2) is 0 Å². The number of halogens is 3. The number of benzene rings is 1. The summed E-state index contributed by atoms with van der Waals surface area (Å²) in [6, 6.07) is 3.13. The number of thioether (sulfide) groups is 1. The zero-order valence-corrected chi connectivity index (χ0v) is 11.4. The summed E-state index contributed by atoms with van der Waals surface area (Å²) in [5.41, 5.74) is 4.82. The first-order valence-corrected chi connectivity index (χ1v) is 6.54. The number of nitrogens with one attached hydrogen (secondary N) is 1. The number of anilines is 1. The maximum atomic E-state index is 12.5. The second-order valence-electron chi connectivity index (χ2n) is 3.91. The molecule has 1 atom stereocenters. The Balaban J connectivity index is 2.83. The molecule has 0 aliphatic rings. The fraction of sp³-hybridized carbons (Fsp3) is 0.417. The van der Waals surface area contributed by atoms with Crippen molar-refractivity contribution in [2.75, 3.05) is 12.3 Å². The van der Waals surface area contributed by atoms with Crippen molar-refractivity contribution >= 4 is 23.4 Å². The van der Waals surface area contributed by atoms with E-state index in [4.69, 9.17) is 5.73 Å². The largest absolute Gasteiger partial charge is 0.416 e. The number of carbonyl (C=O) groups excluding carboxylic acids is 1. The lowest BCUT2D eigenvalue weighted by Crippen LogP contribution is -2.30. The molecule has 3 N–H and O–H groups in total. The minimum Gasteiger partial charge on any atom is -0.398 e. The van der Waals surface area contributed by atoms with E-state index in [1.165, 1.54) is 6.07 Å². The van der Waals surface area contributed by atoms with Gasteiger partial charge in [-0.25, -0.2) is 0 Å². The van der Waals surface area contributed by atoms with Crippen LogP contribution in [0.5, 0.6) is 0 Å². The number of carbonyl (C=O) groups is 1. The van der Waals surface area contributed by atoms with Crippen LogP contribution in [0.15, 0.2) is 23.1 Å². The summed E-state index contributed by atoms with van der Waals surface area (Å²) in [5, 5.41) is 2.22. The van der Waals surface area contributed by atoms with Gasteiger partial charge in [-0.1, -0.05) is 0 Å². The van der Waals surface area contributed by atoms with Crippen molar-refractivity contribution in [2.24, 2.45) is 0 Å². The first kappa shape index (κ1) is 15.7. The van der Waals surface area contributed by atoms with E-state index in [1.807, 2.05) is 0 Å². The normalized spacial score (nSPS) is 13.1. The number of rotatable bonds is 4. The maximum Gasteiger partial charge on any atom is 0.416 e. The van der Waals surface area contributed by atoms with Gasteiger partial charge in [-0.05, 0) is 32.0 Å². The van der Waals surface area contributed by atoms with Crippen LogP contribution in [0.2, 0.25) is 0 Å². The molecule has 1 amide bonds.